The molecule has 0 atom stereocenters. The van der Waals surface area contributed by atoms with E-state index in [0.29, 0.717) is 0 Å². The lowest BCUT2D eigenvalue weighted by atomic mass is 10.2. The third-order valence-corrected chi connectivity index (χ3v) is 4.43. The van der Waals surface area contributed by atoms with E-state index in [1.54, 1.807) is 0 Å². The lowest BCUT2D eigenvalue weighted by Gasteiger charge is -2.05. The van der Waals surface area contributed by atoms with Gasteiger partial charge < -0.3 is 5.32 Å². The quantitative estimate of drug-likeness (QED) is 0.757. The molecule has 0 aliphatic carbocycles. The second-order valence-corrected chi connectivity index (χ2v) is 6.30. The van der Waals surface area contributed by atoms with Crippen LogP contribution in [0, 0.1) is 0 Å². The van der Waals surface area contributed by atoms with Crippen LogP contribution in [0.2, 0.25) is 0 Å². The third kappa shape index (κ3) is 5.01. The average molecular weight is 336 g/mol. The van der Waals surface area contributed by atoms with Crippen LogP contribution in [0.15, 0.2) is 57.9 Å². The Morgan fingerprint density at radius 2 is 1.58 bits per heavy atom. The van der Waals surface area contributed by atoms with Crippen molar-refractivity contribution in [1.29, 1.82) is 0 Å². The SMILES string of the molecule is CCNCc1ccc(SCc2ccc(Br)cc2)cc1. The maximum absolute atomic E-state index is 3.46. The van der Waals surface area contributed by atoms with Gasteiger partial charge >= 0.3 is 0 Å². The predicted octanol–water partition coefficient (Wildman–Crippen LogP) is 4.85. The second kappa shape index (κ2) is 7.73. The Morgan fingerprint density at radius 3 is 2.21 bits per heavy atom. The van der Waals surface area contributed by atoms with E-state index in [0.717, 1.165) is 23.3 Å². The Hall–Kier alpha value is -0.770. The van der Waals surface area contributed by atoms with Crippen molar-refractivity contribution >= 4 is 27.7 Å². The van der Waals surface area contributed by atoms with E-state index in [4.69, 9.17) is 0 Å². The molecule has 0 fully saturated rings. The van der Waals surface area contributed by atoms with Crippen LogP contribution in [0.25, 0.3) is 0 Å². The summed E-state index contributed by atoms with van der Waals surface area (Å²) < 4.78 is 1.13. The summed E-state index contributed by atoms with van der Waals surface area (Å²) >= 11 is 5.33. The van der Waals surface area contributed by atoms with Crippen molar-refractivity contribution in [3.63, 3.8) is 0 Å². The Labute approximate surface area is 127 Å². The molecule has 2 rings (SSSR count). The number of rotatable bonds is 6. The molecule has 0 saturated heterocycles. The Kier molecular flexibility index (Phi) is 5.95. The summed E-state index contributed by atoms with van der Waals surface area (Å²) in [4.78, 5) is 1.32. The fraction of sp³-hybridized carbons (Fsp3) is 0.250. The lowest BCUT2D eigenvalue weighted by molar-refractivity contribution is 0.726. The number of nitrogens with one attached hydrogen (secondary N) is 1. The summed E-state index contributed by atoms with van der Waals surface area (Å²) in [6, 6.07) is 17.3. The molecule has 0 spiro atoms. The van der Waals surface area contributed by atoms with Crippen molar-refractivity contribution in [2.24, 2.45) is 0 Å². The molecule has 0 unspecified atom stereocenters. The summed E-state index contributed by atoms with van der Waals surface area (Å²) in [6.45, 7) is 4.09. The van der Waals surface area contributed by atoms with Gasteiger partial charge in [-0.2, -0.15) is 0 Å². The van der Waals surface area contributed by atoms with Gasteiger partial charge in [-0.3, -0.25) is 0 Å². The van der Waals surface area contributed by atoms with Crippen LogP contribution in [0.4, 0.5) is 0 Å². The van der Waals surface area contributed by atoms with Crippen molar-refractivity contribution in [2.45, 2.75) is 24.1 Å². The first-order valence-corrected chi connectivity index (χ1v) is 8.22. The van der Waals surface area contributed by atoms with Gasteiger partial charge in [0, 0.05) is 21.7 Å². The van der Waals surface area contributed by atoms with Crippen molar-refractivity contribution in [3.05, 3.63) is 64.1 Å². The van der Waals surface area contributed by atoms with Crippen LogP contribution < -0.4 is 5.32 Å². The topological polar surface area (TPSA) is 12.0 Å². The molecule has 0 aromatic heterocycles. The average Bonchev–Trinajstić information content (AvgIpc) is 2.46. The second-order valence-electron chi connectivity index (χ2n) is 4.34. The number of benzene rings is 2. The predicted molar refractivity (Wildman–Crippen MR) is 87.5 cm³/mol. The minimum atomic E-state index is 0.953. The van der Waals surface area contributed by atoms with Crippen LogP contribution in [-0.4, -0.2) is 6.54 Å². The van der Waals surface area contributed by atoms with Gasteiger partial charge in [0.15, 0.2) is 0 Å². The van der Waals surface area contributed by atoms with Crippen LogP contribution in [0.5, 0.6) is 0 Å². The van der Waals surface area contributed by atoms with Crippen molar-refractivity contribution in [3.8, 4) is 0 Å². The van der Waals surface area contributed by atoms with Gasteiger partial charge in [-0.05, 0) is 41.9 Å². The molecule has 0 aliphatic rings. The van der Waals surface area contributed by atoms with Gasteiger partial charge in [-0.25, -0.2) is 0 Å². The number of hydrogen-bond acceptors (Lipinski definition) is 2. The molecule has 2 aromatic carbocycles. The molecule has 3 heteroatoms. The summed E-state index contributed by atoms with van der Waals surface area (Å²) in [5.74, 6) is 1.01. The molecular weight excluding hydrogens is 318 g/mol. The van der Waals surface area contributed by atoms with E-state index in [9.17, 15) is 0 Å². The highest BCUT2D eigenvalue weighted by Gasteiger charge is 1.98. The first-order chi connectivity index (χ1) is 9.28. The lowest BCUT2D eigenvalue weighted by Crippen LogP contribution is -2.11. The van der Waals surface area contributed by atoms with Crippen molar-refractivity contribution in [2.75, 3.05) is 6.54 Å². The van der Waals surface area contributed by atoms with E-state index in [1.807, 2.05) is 11.8 Å². The van der Waals surface area contributed by atoms with E-state index in [-0.39, 0.29) is 0 Å². The number of halogens is 1. The molecule has 100 valence electrons. The molecule has 0 aliphatic heterocycles. The summed E-state index contributed by atoms with van der Waals surface area (Å²) in [6.07, 6.45) is 0. The maximum atomic E-state index is 3.46. The Morgan fingerprint density at radius 1 is 0.947 bits per heavy atom. The zero-order valence-electron chi connectivity index (χ0n) is 11.0. The van der Waals surface area contributed by atoms with E-state index in [2.05, 4.69) is 76.7 Å². The van der Waals surface area contributed by atoms with Gasteiger partial charge in [0.1, 0.15) is 0 Å². The highest BCUT2D eigenvalue weighted by Crippen LogP contribution is 2.23. The fourth-order valence-corrected chi connectivity index (χ4v) is 2.84. The smallest absolute Gasteiger partial charge is 0.0232 e. The van der Waals surface area contributed by atoms with Crippen LogP contribution in [-0.2, 0) is 12.3 Å². The van der Waals surface area contributed by atoms with Gasteiger partial charge in [0.25, 0.3) is 0 Å². The number of hydrogen-bond donors (Lipinski definition) is 1. The number of thioether (sulfide) groups is 1. The maximum Gasteiger partial charge on any atom is 0.0232 e. The van der Waals surface area contributed by atoms with Crippen LogP contribution in [0.3, 0.4) is 0 Å². The molecule has 0 saturated carbocycles. The first kappa shape index (κ1) is 14.6. The van der Waals surface area contributed by atoms with Gasteiger partial charge in [0.05, 0.1) is 0 Å². The zero-order valence-corrected chi connectivity index (χ0v) is 13.4. The monoisotopic (exact) mass is 335 g/mol. The van der Waals surface area contributed by atoms with Crippen molar-refractivity contribution in [1.82, 2.24) is 5.32 Å². The van der Waals surface area contributed by atoms with E-state index < -0.39 is 0 Å². The van der Waals surface area contributed by atoms with Gasteiger partial charge in [0.2, 0.25) is 0 Å². The summed E-state index contributed by atoms with van der Waals surface area (Å²) in [5, 5.41) is 3.34. The molecule has 0 amide bonds. The molecule has 0 heterocycles. The summed E-state index contributed by atoms with van der Waals surface area (Å²) in [5.41, 5.74) is 2.69. The molecule has 1 N–H and O–H groups in total. The third-order valence-electron chi connectivity index (χ3n) is 2.82. The molecule has 19 heavy (non-hydrogen) atoms. The fourth-order valence-electron chi connectivity index (χ4n) is 1.72. The minimum absolute atomic E-state index is 0.953. The zero-order chi connectivity index (χ0) is 13.5. The minimum Gasteiger partial charge on any atom is -0.313 e. The molecule has 0 radical (unpaired) electrons. The normalized spacial score (nSPS) is 10.6. The highest BCUT2D eigenvalue weighted by molar-refractivity contribution is 9.10. The largest absolute Gasteiger partial charge is 0.313 e. The highest BCUT2D eigenvalue weighted by atomic mass is 79.9. The van der Waals surface area contributed by atoms with Gasteiger partial charge in [-0.1, -0.05) is 47.1 Å². The van der Waals surface area contributed by atoms with E-state index >= 15 is 0 Å². The molecule has 0 bridgehead atoms. The van der Waals surface area contributed by atoms with Gasteiger partial charge in [-0.15, -0.1) is 11.8 Å². The van der Waals surface area contributed by atoms with E-state index in [1.165, 1.54) is 16.0 Å². The summed E-state index contributed by atoms with van der Waals surface area (Å²) in [7, 11) is 0. The molecular formula is C16H18BrNS. The van der Waals surface area contributed by atoms with Crippen LogP contribution >= 0.6 is 27.7 Å². The van der Waals surface area contributed by atoms with Crippen LogP contribution in [0.1, 0.15) is 18.1 Å². The van der Waals surface area contributed by atoms with Crippen molar-refractivity contribution < 1.29 is 0 Å². The Bertz CT molecular complexity index is 493. The first-order valence-electron chi connectivity index (χ1n) is 6.45. The molecule has 2 aromatic rings. The molecule has 1 nitrogen and oxygen atoms in total. The standard InChI is InChI=1S/C16H18BrNS/c1-2-18-11-13-5-9-16(10-6-13)19-12-14-3-7-15(17)8-4-14/h3-10,18H,2,11-12H2,1H3. The Balaban J connectivity index is 1.87.